The molecule has 1 heterocycles. The summed E-state index contributed by atoms with van der Waals surface area (Å²) < 4.78 is 5.73. The second-order valence-corrected chi connectivity index (χ2v) is 5.33. The Labute approximate surface area is 119 Å². The van der Waals surface area contributed by atoms with Gasteiger partial charge in [-0.1, -0.05) is 30.3 Å². The second kappa shape index (κ2) is 6.06. The Bertz CT molecular complexity index is 552. The smallest absolute Gasteiger partial charge is 0.213 e. The minimum atomic E-state index is 0.201. The van der Waals surface area contributed by atoms with Gasteiger partial charge in [0.15, 0.2) is 0 Å². The van der Waals surface area contributed by atoms with Gasteiger partial charge < -0.3 is 9.84 Å². The predicted molar refractivity (Wildman–Crippen MR) is 77.6 cm³/mol. The molecule has 3 nitrogen and oxygen atoms in total. The zero-order chi connectivity index (χ0) is 13.8. The zero-order valence-electron chi connectivity index (χ0n) is 11.4. The first kappa shape index (κ1) is 13.1. The highest BCUT2D eigenvalue weighted by Gasteiger charge is 2.31. The lowest BCUT2D eigenvalue weighted by Gasteiger charge is -2.14. The normalized spacial score (nSPS) is 15.8. The molecule has 0 bridgehead atoms. The van der Waals surface area contributed by atoms with E-state index in [9.17, 15) is 5.11 Å². The number of aromatic nitrogens is 1. The van der Waals surface area contributed by atoms with E-state index in [1.807, 2.05) is 42.5 Å². The van der Waals surface area contributed by atoms with Gasteiger partial charge in [-0.2, -0.15) is 0 Å². The van der Waals surface area contributed by atoms with Crippen LogP contribution in [0, 0.1) is 5.92 Å². The number of nitrogens with zero attached hydrogens (tertiary/aromatic N) is 1. The van der Waals surface area contributed by atoms with Crippen molar-refractivity contribution >= 4 is 0 Å². The van der Waals surface area contributed by atoms with Crippen molar-refractivity contribution in [2.75, 3.05) is 6.61 Å². The summed E-state index contributed by atoms with van der Waals surface area (Å²) in [6.45, 7) is 0.720. The molecule has 1 unspecified atom stereocenters. The summed E-state index contributed by atoms with van der Waals surface area (Å²) in [5.74, 6) is 1.49. The maximum absolute atomic E-state index is 9.53. The van der Waals surface area contributed by atoms with Gasteiger partial charge in [0.05, 0.1) is 6.61 Å². The van der Waals surface area contributed by atoms with Crippen molar-refractivity contribution in [1.82, 2.24) is 4.98 Å². The Hall–Kier alpha value is -1.87. The van der Waals surface area contributed by atoms with Crippen molar-refractivity contribution in [2.45, 2.75) is 25.4 Å². The minimum absolute atomic E-state index is 0.201. The molecule has 0 saturated heterocycles. The fourth-order valence-corrected chi connectivity index (χ4v) is 2.49. The molecule has 0 spiro atoms. The van der Waals surface area contributed by atoms with E-state index in [-0.39, 0.29) is 12.5 Å². The molecule has 1 N–H and O–H groups in total. The van der Waals surface area contributed by atoms with E-state index in [0.717, 1.165) is 11.1 Å². The highest BCUT2D eigenvalue weighted by atomic mass is 16.5. The van der Waals surface area contributed by atoms with Crippen LogP contribution in [0.2, 0.25) is 0 Å². The van der Waals surface area contributed by atoms with Gasteiger partial charge in [-0.25, -0.2) is 4.98 Å². The summed E-state index contributed by atoms with van der Waals surface area (Å²) in [5, 5.41) is 9.53. The van der Waals surface area contributed by atoms with Crippen molar-refractivity contribution in [2.24, 2.45) is 5.92 Å². The number of rotatable bonds is 6. The van der Waals surface area contributed by atoms with Crippen LogP contribution in [-0.2, 0) is 6.61 Å². The van der Waals surface area contributed by atoms with Gasteiger partial charge in [0, 0.05) is 18.2 Å². The fraction of sp³-hybridized carbons (Fsp3) is 0.353. The third-order valence-electron chi connectivity index (χ3n) is 3.80. The number of hydrogen-bond donors (Lipinski definition) is 1. The highest BCUT2D eigenvalue weighted by molar-refractivity contribution is 5.26. The molecule has 1 aliphatic carbocycles. The van der Waals surface area contributed by atoms with E-state index in [0.29, 0.717) is 18.4 Å². The van der Waals surface area contributed by atoms with E-state index >= 15 is 0 Å². The topological polar surface area (TPSA) is 42.4 Å². The van der Waals surface area contributed by atoms with E-state index in [2.05, 4.69) is 4.98 Å². The van der Waals surface area contributed by atoms with Crippen molar-refractivity contribution < 1.29 is 9.84 Å². The van der Waals surface area contributed by atoms with Gasteiger partial charge in [0.1, 0.15) is 6.61 Å². The molecule has 1 aromatic carbocycles. The number of aliphatic hydroxyl groups excluding tert-OH is 1. The van der Waals surface area contributed by atoms with Crippen LogP contribution in [0.1, 0.15) is 29.9 Å². The summed E-state index contributed by atoms with van der Waals surface area (Å²) >= 11 is 0. The van der Waals surface area contributed by atoms with Gasteiger partial charge >= 0.3 is 0 Å². The third-order valence-corrected chi connectivity index (χ3v) is 3.80. The Morgan fingerprint density at radius 1 is 1.20 bits per heavy atom. The van der Waals surface area contributed by atoms with E-state index in [4.69, 9.17) is 4.74 Å². The molecular weight excluding hydrogens is 250 g/mol. The average Bonchev–Trinajstić information content (AvgIpc) is 3.32. The highest BCUT2D eigenvalue weighted by Crippen LogP contribution is 2.42. The second-order valence-electron chi connectivity index (χ2n) is 5.33. The first-order valence-corrected chi connectivity index (χ1v) is 7.10. The lowest BCUT2D eigenvalue weighted by Crippen LogP contribution is -2.07. The van der Waals surface area contributed by atoms with Gasteiger partial charge in [-0.05, 0) is 36.0 Å². The molecule has 1 atom stereocenters. The first-order chi connectivity index (χ1) is 9.86. The van der Waals surface area contributed by atoms with Gasteiger partial charge in [0.25, 0.3) is 0 Å². The van der Waals surface area contributed by atoms with E-state index in [1.165, 1.54) is 12.8 Å². The lowest BCUT2D eigenvalue weighted by atomic mass is 9.96. The van der Waals surface area contributed by atoms with Gasteiger partial charge in [0.2, 0.25) is 5.88 Å². The largest absolute Gasteiger partial charge is 0.473 e. The molecule has 3 rings (SSSR count). The Morgan fingerprint density at radius 3 is 2.70 bits per heavy atom. The monoisotopic (exact) mass is 269 g/mol. The summed E-state index contributed by atoms with van der Waals surface area (Å²) in [6, 6.07) is 14.0. The molecule has 1 aliphatic rings. The van der Waals surface area contributed by atoms with Crippen LogP contribution in [0.3, 0.4) is 0 Å². The Kier molecular flexibility index (Phi) is 3.97. The predicted octanol–water partition coefficient (Wildman–Crippen LogP) is 3.15. The van der Waals surface area contributed by atoms with Crippen LogP contribution in [0.4, 0.5) is 0 Å². The number of benzene rings is 1. The van der Waals surface area contributed by atoms with Crippen LogP contribution >= 0.6 is 0 Å². The quantitative estimate of drug-likeness (QED) is 0.876. The van der Waals surface area contributed by atoms with Crippen LogP contribution in [-0.4, -0.2) is 16.7 Å². The minimum Gasteiger partial charge on any atom is -0.473 e. The fourth-order valence-electron chi connectivity index (χ4n) is 2.49. The summed E-state index contributed by atoms with van der Waals surface area (Å²) in [4.78, 5) is 4.25. The molecule has 2 aromatic rings. The maximum Gasteiger partial charge on any atom is 0.213 e. The average molecular weight is 269 g/mol. The van der Waals surface area contributed by atoms with Crippen LogP contribution in [0.15, 0.2) is 48.7 Å². The first-order valence-electron chi connectivity index (χ1n) is 7.10. The lowest BCUT2D eigenvalue weighted by molar-refractivity contribution is 0.251. The third kappa shape index (κ3) is 3.17. The molecule has 1 saturated carbocycles. The van der Waals surface area contributed by atoms with E-state index < -0.39 is 0 Å². The molecule has 3 heteroatoms. The SMILES string of the molecule is OCC(c1ccnc(OCc2ccccc2)c1)C1CC1. The van der Waals surface area contributed by atoms with Gasteiger partial charge in [-0.15, -0.1) is 0 Å². The maximum atomic E-state index is 9.53. The molecule has 1 fully saturated rings. The van der Waals surface area contributed by atoms with Crippen molar-refractivity contribution in [3.63, 3.8) is 0 Å². The standard InChI is InChI=1S/C17H19NO2/c19-11-16(14-6-7-14)15-8-9-18-17(10-15)20-12-13-4-2-1-3-5-13/h1-5,8-10,14,16,19H,6-7,11-12H2. The number of pyridine rings is 1. The van der Waals surface area contributed by atoms with Crippen LogP contribution in [0.5, 0.6) is 5.88 Å². The molecular formula is C17H19NO2. The summed E-state index contributed by atoms with van der Waals surface area (Å²) in [6.07, 6.45) is 4.20. The van der Waals surface area contributed by atoms with Crippen molar-refractivity contribution in [3.8, 4) is 5.88 Å². The van der Waals surface area contributed by atoms with Gasteiger partial charge in [-0.3, -0.25) is 0 Å². The van der Waals surface area contributed by atoms with Crippen molar-refractivity contribution in [3.05, 3.63) is 59.8 Å². The van der Waals surface area contributed by atoms with Crippen LogP contribution in [0.25, 0.3) is 0 Å². The molecule has 104 valence electrons. The van der Waals surface area contributed by atoms with Crippen molar-refractivity contribution in [1.29, 1.82) is 0 Å². The number of ether oxygens (including phenoxy) is 1. The Morgan fingerprint density at radius 2 is 2.00 bits per heavy atom. The van der Waals surface area contributed by atoms with Crippen LogP contribution < -0.4 is 4.74 Å². The zero-order valence-corrected chi connectivity index (χ0v) is 11.4. The van der Waals surface area contributed by atoms with E-state index in [1.54, 1.807) is 6.20 Å². The molecule has 1 aromatic heterocycles. The molecule has 0 radical (unpaired) electrons. The number of aliphatic hydroxyl groups is 1. The Balaban J connectivity index is 1.68. The molecule has 0 amide bonds. The summed E-state index contributed by atoms with van der Waals surface area (Å²) in [5.41, 5.74) is 2.26. The molecule has 0 aliphatic heterocycles. The molecule has 20 heavy (non-hydrogen) atoms. The number of hydrogen-bond acceptors (Lipinski definition) is 3. The summed E-state index contributed by atoms with van der Waals surface area (Å²) in [7, 11) is 0.